The third kappa shape index (κ3) is 1.99. The van der Waals surface area contributed by atoms with Crippen molar-refractivity contribution < 1.29 is 9.53 Å². The summed E-state index contributed by atoms with van der Waals surface area (Å²) in [5, 5.41) is 0. The maximum absolute atomic E-state index is 9.88. The minimum atomic E-state index is -0.554. The molecule has 0 rings (SSSR count). The summed E-state index contributed by atoms with van der Waals surface area (Å²) in [7, 11) is 0. The lowest BCUT2D eigenvalue weighted by molar-refractivity contribution is 0.0452. The highest BCUT2D eigenvalue weighted by Gasteiger charge is 2.28. The molecule has 1 radical (unpaired) electrons. The van der Waals surface area contributed by atoms with Gasteiger partial charge in [0.15, 0.2) is 0 Å². The first-order valence-electron chi connectivity index (χ1n) is 3.37. The number of hydrogen-bond donors (Lipinski definition) is 1. The standard InChI is InChI=1S/C7H14NO2/c1-4-7(3,6(2)8)10-5-9/h6H,4,8H2,1-3H3. The monoisotopic (exact) mass is 144 g/mol. The van der Waals surface area contributed by atoms with Crippen LogP contribution in [0, 0.1) is 0 Å². The van der Waals surface area contributed by atoms with Gasteiger partial charge in [0, 0.05) is 6.04 Å². The Hall–Kier alpha value is -0.570. The summed E-state index contributed by atoms with van der Waals surface area (Å²) in [6, 6.07) is -0.154. The Kier molecular flexibility index (Phi) is 3.36. The van der Waals surface area contributed by atoms with E-state index in [0.717, 1.165) is 0 Å². The van der Waals surface area contributed by atoms with E-state index in [2.05, 4.69) is 0 Å². The lowest BCUT2D eigenvalue weighted by Gasteiger charge is -2.29. The van der Waals surface area contributed by atoms with Gasteiger partial charge in [0.2, 0.25) is 0 Å². The summed E-state index contributed by atoms with van der Waals surface area (Å²) in [5.74, 6) is 0. The topological polar surface area (TPSA) is 52.3 Å². The number of carbonyl (C=O) groups excluding carboxylic acids is 1. The number of rotatable bonds is 4. The summed E-state index contributed by atoms with van der Waals surface area (Å²) in [5.41, 5.74) is 5.01. The van der Waals surface area contributed by atoms with Gasteiger partial charge in [-0.15, -0.1) is 0 Å². The van der Waals surface area contributed by atoms with Crippen molar-refractivity contribution in [2.75, 3.05) is 0 Å². The van der Waals surface area contributed by atoms with Crippen LogP contribution >= 0.6 is 0 Å². The Morgan fingerprint density at radius 1 is 1.80 bits per heavy atom. The Labute approximate surface area is 61.5 Å². The molecule has 2 N–H and O–H groups in total. The fraction of sp³-hybridized carbons (Fsp3) is 0.857. The molecule has 0 spiro atoms. The molecule has 59 valence electrons. The molecule has 3 heteroatoms. The molecule has 0 aliphatic heterocycles. The van der Waals surface area contributed by atoms with Gasteiger partial charge >= 0.3 is 6.47 Å². The third-order valence-electron chi connectivity index (χ3n) is 1.94. The smallest absolute Gasteiger partial charge is 0.418 e. The van der Waals surface area contributed by atoms with Crippen LogP contribution in [0.25, 0.3) is 0 Å². The van der Waals surface area contributed by atoms with Crippen LogP contribution in [-0.4, -0.2) is 18.1 Å². The zero-order valence-corrected chi connectivity index (χ0v) is 6.68. The van der Waals surface area contributed by atoms with Crippen LogP contribution in [-0.2, 0) is 9.53 Å². The van der Waals surface area contributed by atoms with Gasteiger partial charge in [-0.2, -0.15) is 0 Å². The van der Waals surface area contributed by atoms with E-state index in [9.17, 15) is 4.79 Å². The van der Waals surface area contributed by atoms with Crippen molar-refractivity contribution in [1.29, 1.82) is 0 Å². The van der Waals surface area contributed by atoms with Crippen LogP contribution in [0.2, 0.25) is 0 Å². The molecule has 0 aliphatic carbocycles. The number of nitrogens with two attached hydrogens (primary N) is 1. The molecule has 2 unspecified atom stereocenters. The fourth-order valence-corrected chi connectivity index (χ4v) is 0.582. The SMILES string of the molecule is CCC(C)(O[C]=O)C(C)N. The highest BCUT2D eigenvalue weighted by Crippen LogP contribution is 2.16. The van der Waals surface area contributed by atoms with E-state index in [1.54, 1.807) is 13.8 Å². The Balaban J connectivity index is 4.07. The second kappa shape index (κ2) is 3.56. The van der Waals surface area contributed by atoms with E-state index in [1.807, 2.05) is 6.92 Å². The lowest BCUT2D eigenvalue weighted by atomic mass is 9.95. The zero-order valence-electron chi connectivity index (χ0n) is 6.68. The molecule has 10 heavy (non-hydrogen) atoms. The quantitative estimate of drug-likeness (QED) is 0.628. The van der Waals surface area contributed by atoms with Crippen LogP contribution in [0.15, 0.2) is 0 Å². The van der Waals surface area contributed by atoms with Gasteiger partial charge in [-0.05, 0) is 20.3 Å². The molecule has 0 saturated heterocycles. The molecule has 0 aromatic heterocycles. The second-order valence-electron chi connectivity index (χ2n) is 2.64. The van der Waals surface area contributed by atoms with Crippen molar-refractivity contribution in [3.63, 3.8) is 0 Å². The summed E-state index contributed by atoms with van der Waals surface area (Å²) in [6.45, 7) is 6.93. The van der Waals surface area contributed by atoms with Crippen LogP contribution < -0.4 is 5.73 Å². The zero-order chi connectivity index (χ0) is 8.20. The first-order chi connectivity index (χ1) is 4.56. The Bertz CT molecular complexity index is 114. The van der Waals surface area contributed by atoms with Crippen LogP contribution in [0.3, 0.4) is 0 Å². The van der Waals surface area contributed by atoms with Crippen molar-refractivity contribution in [3.05, 3.63) is 0 Å². The van der Waals surface area contributed by atoms with Crippen molar-refractivity contribution >= 4 is 6.47 Å². The number of hydrogen-bond acceptors (Lipinski definition) is 3. The van der Waals surface area contributed by atoms with E-state index in [1.165, 1.54) is 6.47 Å². The number of ether oxygens (including phenoxy) is 1. The van der Waals surface area contributed by atoms with Crippen molar-refractivity contribution in [1.82, 2.24) is 0 Å². The molecule has 0 bridgehead atoms. The predicted molar refractivity (Wildman–Crippen MR) is 39.1 cm³/mol. The highest BCUT2D eigenvalue weighted by atomic mass is 16.5. The first-order valence-corrected chi connectivity index (χ1v) is 3.37. The lowest BCUT2D eigenvalue weighted by Crippen LogP contribution is -2.45. The van der Waals surface area contributed by atoms with Crippen molar-refractivity contribution in [3.8, 4) is 0 Å². The van der Waals surface area contributed by atoms with E-state index in [0.29, 0.717) is 6.42 Å². The molecular weight excluding hydrogens is 130 g/mol. The van der Waals surface area contributed by atoms with Crippen LogP contribution in [0.4, 0.5) is 0 Å². The average molecular weight is 144 g/mol. The van der Waals surface area contributed by atoms with Gasteiger partial charge in [-0.1, -0.05) is 6.92 Å². The first kappa shape index (κ1) is 9.43. The van der Waals surface area contributed by atoms with Gasteiger partial charge in [0.05, 0.1) is 0 Å². The summed E-state index contributed by atoms with van der Waals surface area (Å²) < 4.78 is 4.71. The minimum absolute atomic E-state index is 0.154. The van der Waals surface area contributed by atoms with Gasteiger partial charge in [-0.25, -0.2) is 4.79 Å². The molecule has 3 nitrogen and oxygen atoms in total. The third-order valence-corrected chi connectivity index (χ3v) is 1.94. The molecule has 0 aromatic carbocycles. The summed E-state index contributed by atoms with van der Waals surface area (Å²) in [6.07, 6.45) is 0.708. The van der Waals surface area contributed by atoms with Gasteiger partial charge in [0.1, 0.15) is 5.60 Å². The predicted octanol–water partition coefficient (Wildman–Crippen LogP) is 0.586. The van der Waals surface area contributed by atoms with Crippen LogP contribution in [0.1, 0.15) is 27.2 Å². The molecular formula is C7H14NO2. The van der Waals surface area contributed by atoms with Gasteiger partial charge < -0.3 is 10.5 Å². The van der Waals surface area contributed by atoms with Crippen molar-refractivity contribution in [2.24, 2.45) is 5.73 Å². The molecule has 0 aromatic rings. The minimum Gasteiger partial charge on any atom is -0.449 e. The highest BCUT2D eigenvalue weighted by molar-refractivity contribution is 5.39. The van der Waals surface area contributed by atoms with Gasteiger partial charge in [0.25, 0.3) is 0 Å². The summed E-state index contributed by atoms with van der Waals surface area (Å²) in [4.78, 5) is 9.88. The molecule has 2 atom stereocenters. The van der Waals surface area contributed by atoms with Crippen LogP contribution in [0.5, 0.6) is 0 Å². The van der Waals surface area contributed by atoms with E-state index in [-0.39, 0.29) is 6.04 Å². The summed E-state index contributed by atoms with van der Waals surface area (Å²) >= 11 is 0. The second-order valence-corrected chi connectivity index (χ2v) is 2.64. The largest absolute Gasteiger partial charge is 0.449 e. The Morgan fingerprint density at radius 3 is 2.40 bits per heavy atom. The van der Waals surface area contributed by atoms with Crippen molar-refractivity contribution in [2.45, 2.75) is 38.8 Å². The van der Waals surface area contributed by atoms with E-state index < -0.39 is 5.60 Å². The molecule has 0 saturated carbocycles. The van der Waals surface area contributed by atoms with E-state index in [4.69, 9.17) is 10.5 Å². The van der Waals surface area contributed by atoms with E-state index >= 15 is 0 Å². The maximum atomic E-state index is 9.88. The normalized spacial score (nSPS) is 19.2. The fourth-order valence-electron chi connectivity index (χ4n) is 0.582. The molecule has 0 heterocycles. The molecule has 0 fully saturated rings. The van der Waals surface area contributed by atoms with Gasteiger partial charge in [-0.3, -0.25) is 0 Å². The molecule has 0 amide bonds. The molecule has 0 aliphatic rings. The maximum Gasteiger partial charge on any atom is 0.418 e. The average Bonchev–Trinajstić information content (AvgIpc) is 1.88. The Morgan fingerprint density at radius 2 is 2.30 bits per heavy atom.